The lowest BCUT2D eigenvalue weighted by Gasteiger charge is -2.31. The highest BCUT2D eigenvalue weighted by molar-refractivity contribution is 5.25. The molecule has 0 spiro atoms. The van der Waals surface area contributed by atoms with Crippen LogP contribution in [0.1, 0.15) is 26.2 Å². The maximum absolute atomic E-state index is 2.44. The largest absolute Gasteiger partial charge is 0.344 e. The molecule has 1 fully saturated rings. The fraction of sp³-hybridized carbons (Fsp3) is 0.750. The first-order valence-electron chi connectivity index (χ1n) is 3.60. The highest BCUT2D eigenvalue weighted by Gasteiger charge is 2.37. The molecule has 0 aromatic rings. The predicted molar refractivity (Wildman–Crippen MR) is 39.6 cm³/mol. The molecule has 0 aromatic heterocycles. The fourth-order valence-electron chi connectivity index (χ4n) is 2.12. The van der Waals surface area contributed by atoms with Gasteiger partial charge < -0.3 is 6.15 Å². The molecule has 1 heteroatoms. The van der Waals surface area contributed by atoms with Crippen molar-refractivity contribution in [1.29, 1.82) is 0 Å². The van der Waals surface area contributed by atoms with Gasteiger partial charge in [-0.2, -0.15) is 0 Å². The molecule has 2 atom stereocenters. The summed E-state index contributed by atoms with van der Waals surface area (Å²) in [5, 5.41) is 0. The summed E-state index contributed by atoms with van der Waals surface area (Å²) in [6, 6.07) is 0. The van der Waals surface area contributed by atoms with E-state index in [1.54, 1.807) is 5.57 Å². The molecule has 3 aliphatic carbocycles. The van der Waals surface area contributed by atoms with Crippen molar-refractivity contribution in [1.82, 2.24) is 6.15 Å². The molecule has 0 aromatic carbocycles. The normalized spacial score (nSPS) is 36.8. The van der Waals surface area contributed by atoms with Gasteiger partial charge in [-0.15, -0.1) is 0 Å². The molecule has 2 bridgehead atoms. The van der Waals surface area contributed by atoms with Crippen molar-refractivity contribution in [2.45, 2.75) is 26.2 Å². The van der Waals surface area contributed by atoms with Crippen molar-refractivity contribution < 1.29 is 0 Å². The van der Waals surface area contributed by atoms with Gasteiger partial charge in [0.2, 0.25) is 0 Å². The van der Waals surface area contributed by atoms with Crippen molar-refractivity contribution in [3.63, 3.8) is 0 Å². The lowest BCUT2D eigenvalue weighted by Crippen LogP contribution is -2.21. The van der Waals surface area contributed by atoms with Crippen LogP contribution in [0.4, 0.5) is 0 Å². The van der Waals surface area contributed by atoms with Crippen LogP contribution < -0.4 is 6.15 Å². The van der Waals surface area contributed by atoms with Crippen molar-refractivity contribution in [3.05, 3.63) is 11.6 Å². The Morgan fingerprint density at radius 3 is 2.67 bits per heavy atom. The summed E-state index contributed by atoms with van der Waals surface area (Å²) in [7, 11) is 0. The Morgan fingerprint density at radius 2 is 2.44 bits per heavy atom. The summed E-state index contributed by atoms with van der Waals surface area (Å²) in [5.41, 5.74) is 1.76. The lowest BCUT2D eigenvalue weighted by atomic mass is 9.73. The number of allylic oxidation sites excluding steroid dienone is 2. The molecule has 3 aliphatic rings. The highest BCUT2D eigenvalue weighted by Crippen LogP contribution is 2.50. The second kappa shape index (κ2) is 2.14. The molecule has 2 unspecified atom stereocenters. The van der Waals surface area contributed by atoms with E-state index in [2.05, 4.69) is 13.0 Å². The molecular weight excluding hydrogens is 110 g/mol. The summed E-state index contributed by atoms with van der Waals surface area (Å²) in [6.45, 7) is 2.30. The molecule has 9 heavy (non-hydrogen) atoms. The fourth-order valence-corrected chi connectivity index (χ4v) is 2.12. The number of fused-ring (bicyclic) bond motifs is 1. The Bertz CT molecular complexity index is 136. The van der Waals surface area contributed by atoms with Crippen molar-refractivity contribution >= 4 is 0 Å². The molecule has 1 saturated carbocycles. The van der Waals surface area contributed by atoms with E-state index in [1.165, 1.54) is 19.3 Å². The number of rotatable bonds is 1. The first-order valence-corrected chi connectivity index (χ1v) is 3.60. The van der Waals surface area contributed by atoms with Gasteiger partial charge in [-0.3, -0.25) is 0 Å². The van der Waals surface area contributed by atoms with Crippen LogP contribution in [0.2, 0.25) is 0 Å². The minimum absolute atomic E-state index is 0. The second-order valence-corrected chi connectivity index (χ2v) is 2.99. The maximum atomic E-state index is 2.44. The summed E-state index contributed by atoms with van der Waals surface area (Å²) >= 11 is 0. The van der Waals surface area contributed by atoms with Crippen molar-refractivity contribution in [3.8, 4) is 0 Å². The van der Waals surface area contributed by atoms with Gasteiger partial charge in [0, 0.05) is 0 Å². The van der Waals surface area contributed by atoms with Crippen LogP contribution in [0, 0.1) is 11.8 Å². The van der Waals surface area contributed by atoms with E-state index < -0.39 is 0 Å². The molecular formula is C8H15N. The number of hydrogen-bond donors (Lipinski definition) is 1. The zero-order valence-corrected chi connectivity index (χ0v) is 6.06. The average Bonchev–Trinajstić information content (AvgIpc) is 2.19. The standard InChI is InChI=1S/C8H12.H3N/c1-2-8-6-3-4-7(8)5-6;/h3,7-8H,2,4-5H2,1H3;1H3. The van der Waals surface area contributed by atoms with E-state index in [4.69, 9.17) is 0 Å². The number of hydrogen-bond acceptors (Lipinski definition) is 1. The summed E-state index contributed by atoms with van der Waals surface area (Å²) in [5.74, 6) is 2.10. The zero-order chi connectivity index (χ0) is 5.56. The van der Waals surface area contributed by atoms with Gasteiger partial charge >= 0.3 is 0 Å². The summed E-state index contributed by atoms with van der Waals surface area (Å²) in [6.07, 6.45) is 6.67. The SMILES string of the molecule is CCC1C2=CCC1C2.N. The molecule has 1 nitrogen and oxygen atoms in total. The van der Waals surface area contributed by atoms with Crippen LogP contribution in [0.25, 0.3) is 0 Å². The van der Waals surface area contributed by atoms with E-state index in [0.717, 1.165) is 11.8 Å². The Morgan fingerprint density at radius 1 is 1.67 bits per heavy atom. The predicted octanol–water partition coefficient (Wildman–Crippen LogP) is 2.52. The van der Waals surface area contributed by atoms with Gasteiger partial charge in [0.15, 0.2) is 0 Å². The molecule has 0 saturated heterocycles. The van der Waals surface area contributed by atoms with Crippen LogP contribution in [-0.4, -0.2) is 0 Å². The average molecular weight is 125 g/mol. The van der Waals surface area contributed by atoms with Gasteiger partial charge in [-0.05, 0) is 31.1 Å². The van der Waals surface area contributed by atoms with Crippen LogP contribution in [-0.2, 0) is 0 Å². The van der Waals surface area contributed by atoms with E-state index in [0.29, 0.717) is 0 Å². The van der Waals surface area contributed by atoms with Gasteiger partial charge in [-0.25, -0.2) is 0 Å². The smallest absolute Gasteiger partial charge is 0.0171 e. The van der Waals surface area contributed by atoms with Gasteiger partial charge in [0.05, 0.1) is 0 Å². The van der Waals surface area contributed by atoms with Crippen LogP contribution in [0.5, 0.6) is 0 Å². The van der Waals surface area contributed by atoms with Crippen LogP contribution >= 0.6 is 0 Å². The van der Waals surface area contributed by atoms with E-state index in [9.17, 15) is 0 Å². The molecule has 3 N–H and O–H groups in total. The third-order valence-corrected chi connectivity index (χ3v) is 2.67. The summed E-state index contributed by atoms with van der Waals surface area (Å²) < 4.78 is 0. The van der Waals surface area contributed by atoms with Gasteiger partial charge in [-0.1, -0.05) is 18.6 Å². The molecule has 0 amide bonds. The van der Waals surface area contributed by atoms with E-state index in [-0.39, 0.29) is 6.15 Å². The molecule has 0 radical (unpaired) electrons. The first kappa shape index (κ1) is 6.81. The summed E-state index contributed by atoms with van der Waals surface area (Å²) in [4.78, 5) is 0. The van der Waals surface area contributed by atoms with Gasteiger partial charge in [0.1, 0.15) is 0 Å². The van der Waals surface area contributed by atoms with Crippen LogP contribution in [0.3, 0.4) is 0 Å². The van der Waals surface area contributed by atoms with Gasteiger partial charge in [0.25, 0.3) is 0 Å². The van der Waals surface area contributed by atoms with Crippen LogP contribution in [0.15, 0.2) is 11.6 Å². The minimum atomic E-state index is 0. The zero-order valence-electron chi connectivity index (χ0n) is 6.06. The Labute approximate surface area is 56.7 Å². The maximum Gasteiger partial charge on any atom is -0.0171 e. The van der Waals surface area contributed by atoms with E-state index in [1.807, 2.05) is 0 Å². The van der Waals surface area contributed by atoms with Crippen molar-refractivity contribution in [2.24, 2.45) is 11.8 Å². The lowest BCUT2D eigenvalue weighted by molar-refractivity contribution is 0.306. The topological polar surface area (TPSA) is 35.0 Å². The molecule has 0 aliphatic heterocycles. The quantitative estimate of drug-likeness (QED) is 0.537. The molecule has 52 valence electrons. The Balaban J connectivity index is 0.000000405. The van der Waals surface area contributed by atoms with E-state index >= 15 is 0 Å². The minimum Gasteiger partial charge on any atom is -0.344 e. The first-order chi connectivity index (χ1) is 3.92. The highest BCUT2D eigenvalue weighted by atomic mass is 14.4. The van der Waals surface area contributed by atoms with Crippen molar-refractivity contribution in [2.75, 3.05) is 0 Å². The molecule has 3 rings (SSSR count). The Kier molecular flexibility index (Phi) is 1.62. The monoisotopic (exact) mass is 125 g/mol. The molecule has 0 heterocycles. The third-order valence-electron chi connectivity index (χ3n) is 2.67. The second-order valence-electron chi connectivity index (χ2n) is 2.99. The Hall–Kier alpha value is -0.300. The third kappa shape index (κ3) is 0.715.